The van der Waals surface area contributed by atoms with E-state index in [1.807, 2.05) is 0 Å². The molecule has 0 unspecified atom stereocenters. The van der Waals surface area contributed by atoms with Crippen LogP contribution in [0.25, 0.3) is 0 Å². The molecule has 1 aromatic rings. The third-order valence-corrected chi connectivity index (χ3v) is 1.74. The van der Waals surface area contributed by atoms with Gasteiger partial charge in [0.05, 0.1) is 9.98 Å². The molecule has 0 bridgehead atoms. The van der Waals surface area contributed by atoms with Crippen LogP contribution in [0.5, 0.6) is 5.19 Å². The Morgan fingerprint density at radius 2 is 2.57 bits per heavy atom. The minimum Gasteiger partial charge on any atom is -0.486 e. The summed E-state index contributed by atoms with van der Waals surface area (Å²) in [6.45, 7) is 0. The number of halogens is 1. The van der Waals surface area contributed by atoms with Gasteiger partial charge in [-0.2, -0.15) is 0 Å². The molecule has 0 saturated heterocycles. The molecule has 2 nitrogen and oxygen atoms in total. The van der Waals surface area contributed by atoms with Crippen LogP contribution in [0.3, 0.4) is 0 Å². The summed E-state index contributed by atoms with van der Waals surface area (Å²) in [4.78, 5) is 3.54. The molecule has 38 valence electrons. The van der Waals surface area contributed by atoms with Gasteiger partial charge in [-0.1, -0.05) is 11.3 Å². The average Bonchev–Trinajstić information content (AvgIpc) is 1.87. The van der Waals surface area contributed by atoms with Gasteiger partial charge in [-0.05, 0) is 15.9 Å². The number of aromatic nitrogens is 1. The van der Waals surface area contributed by atoms with Crippen molar-refractivity contribution in [2.45, 2.75) is 0 Å². The van der Waals surface area contributed by atoms with Gasteiger partial charge in [-0.25, -0.2) is 4.98 Å². The molecule has 0 aliphatic carbocycles. The lowest BCUT2D eigenvalue weighted by Gasteiger charge is -1.67. The summed E-state index contributed by atoms with van der Waals surface area (Å²) in [6.07, 6.45) is 1.56. The van der Waals surface area contributed by atoms with Crippen LogP contribution in [-0.4, -0.2) is 10.1 Å². The Morgan fingerprint density at radius 1 is 1.86 bits per heavy atom. The van der Waals surface area contributed by atoms with Crippen molar-refractivity contribution in [1.82, 2.24) is 4.98 Å². The summed E-state index contributed by atoms with van der Waals surface area (Å²) in [5, 5.41) is 8.63. The second kappa shape index (κ2) is 1.79. The van der Waals surface area contributed by atoms with Gasteiger partial charge < -0.3 is 5.11 Å². The second-order valence-electron chi connectivity index (χ2n) is 0.947. The average molecular weight is 180 g/mol. The van der Waals surface area contributed by atoms with Crippen molar-refractivity contribution < 1.29 is 5.11 Å². The Bertz CT molecular complexity index is 147. The molecule has 1 rings (SSSR count). The predicted molar refractivity (Wildman–Crippen MR) is 31.5 cm³/mol. The maximum absolute atomic E-state index is 8.53. The summed E-state index contributed by atoms with van der Waals surface area (Å²) in [5.41, 5.74) is 0. The molecule has 0 aromatic carbocycles. The Kier molecular flexibility index (Phi) is 1.30. The molecule has 0 aliphatic heterocycles. The topological polar surface area (TPSA) is 33.1 Å². The first-order chi connectivity index (χ1) is 3.29. The van der Waals surface area contributed by atoms with Crippen molar-refractivity contribution >= 4 is 27.3 Å². The predicted octanol–water partition coefficient (Wildman–Crippen LogP) is 1.61. The zero-order valence-corrected chi connectivity index (χ0v) is 5.66. The highest BCUT2D eigenvalue weighted by Crippen LogP contribution is 2.23. The van der Waals surface area contributed by atoms with Crippen LogP contribution in [0, 0.1) is 0 Å². The fourth-order valence-corrected chi connectivity index (χ4v) is 1.17. The van der Waals surface area contributed by atoms with Crippen LogP contribution in [0.2, 0.25) is 0 Å². The van der Waals surface area contributed by atoms with Gasteiger partial charge >= 0.3 is 0 Å². The second-order valence-corrected chi connectivity index (χ2v) is 3.34. The van der Waals surface area contributed by atoms with E-state index in [9.17, 15) is 0 Å². The number of nitrogens with zero attached hydrogens (tertiary/aromatic N) is 1. The van der Waals surface area contributed by atoms with Gasteiger partial charge in [-0.3, -0.25) is 0 Å². The third-order valence-electron chi connectivity index (χ3n) is 0.465. The standard InChI is InChI=1S/C3H2BrNOS/c4-2-1-5-3(6)7-2/h1H,(H,5,6). The SMILES string of the molecule is Oc1ncc(Br)s1. The van der Waals surface area contributed by atoms with Crippen LogP contribution >= 0.6 is 27.3 Å². The van der Waals surface area contributed by atoms with Crippen LogP contribution in [0.4, 0.5) is 0 Å². The van der Waals surface area contributed by atoms with E-state index in [0.717, 1.165) is 3.79 Å². The van der Waals surface area contributed by atoms with Gasteiger partial charge in [0.2, 0.25) is 0 Å². The maximum Gasteiger partial charge on any atom is 0.271 e. The van der Waals surface area contributed by atoms with Gasteiger partial charge in [0.25, 0.3) is 5.19 Å². The normalized spacial score (nSPS) is 9.29. The fourth-order valence-electron chi connectivity index (χ4n) is 0.246. The summed E-state index contributed by atoms with van der Waals surface area (Å²) < 4.78 is 0.852. The molecule has 0 radical (unpaired) electrons. The molecular weight excluding hydrogens is 178 g/mol. The Labute approximate surface area is 53.0 Å². The minimum absolute atomic E-state index is 0.104. The largest absolute Gasteiger partial charge is 0.486 e. The number of hydrogen-bond acceptors (Lipinski definition) is 3. The Morgan fingerprint density at radius 3 is 2.71 bits per heavy atom. The van der Waals surface area contributed by atoms with Crippen LogP contribution in [0.15, 0.2) is 9.98 Å². The molecule has 0 spiro atoms. The van der Waals surface area contributed by atoms with E-state index in [4.69, 9.17) is 5.11 Å². The number of aromatic hydroxyl groups is 1. The smallest absolute Gasteiger partial charge is 0.271 e. The van der Waals surface area contributed by atoms with E-state index >= 15 is 0 Å². The van der Waals surface area contributed by atoms with Crippen molar-refractivity contribution in [3.63, 3.8) is 0 Å². The first-order valence-electron chi connectivity index (χ1n) is 1.59. The number of hydrogen-bond donors (Lipinski definition) is 1. The number of thiazole rings is 1. The summed E-state index contributed by atoms with van der Waals surface area (Å²) in [5.74, 6) is 0. The van der Waals surface area contributed by atoms with Crippen LogP contribution in [-0.2, 0) is 0 Å². The summed E-state index contributed by atoms with van der Waals surface area (Å²) >= 11 is 4.33. The van der Waals surface area contributed by atoms with Crippen molar-refractivity contribution in [1.29, 1.82) is 0 Å². The molecular formula is C3H2BrNOS. The van der Waals surface area contributed by atoms with E-state index in [1.165, 1.54) is 11.3 Å². The van der Waals surface area contributed by atoms with Crippen LogP contribution in [0.1, 0.15) is 0 Å². The highest BCUT2D eigenvalue weighted by molar-refractivity contribution is 9.11. The maximum atomic E-state index is 8.53. The molecule has 1 aromatic heterocycles. The zero-order chi connectivity index (χ0) is 5.28. The van der Waals surface area contributed by atoms with Gasteiger partial charge in [0, 0.05) is 0 Å². The quantitative estimate of drug-likeness (QED) is 0.657. The fraction of sp³-hybridized carbons (Fsp3) is 0. The zero-order valence-electron chi connectivity index (χ0n) is 3.26. The number of rotatable bonds is 0. The first kappa shape index (κ1) is 5.05. The highest BCUT2D eigenvalue weighted by atomic mass is 79.9. The molecule has 7 heavy (non-hydrogen) atoms. The van der Waals surface area contributed by atoms with Crippen molar-refractivity contribution in [3.8, 4) is 5.19 Å². The van der Waals surface area contributed by atoms with E-state index in [2.05, 4.69) is 20.9 Å². The lowest BCUT2D eigenvalue weighted by molar-refractivity contribution is 0.471. The third kappa shape index (κ3) is 1.14. The molecule has 0 aliphatic rings. The molecule has 0 fully saturated rings. The molecule has 0 saturated carbocycles. The monoisotopic (exact) mass is 179 g/mol. The van der Waals surface area contributed by atoms with E-state index in [-0.39, 0.29) is 5.19 Å². The molecule has 0 amide bonds. The molecule has 0 atom stereocenters. The highest BCUT2D eigenvalue weighted by Gasteiger charge is 1.91. The van der Waals surface area contributed by atoms with Crippen molar-refractivity contribution in [2.24, 2.45) is 0 Å². The van der Waals surface area contributed by atoms with Crippen molar-refractivity contribution in [3.05, 3.63) is 9.98 Å². The molecule has 1 N–H and O–H groups in total. The summed E-state index contributed by atoms with van der Waals surface area (Å²) in [6, 6.07) is 0. The first-order valence-corrected chi connectivity index (χ1v) is 3.20. The van der Waals surface area contributed by atoms with E-state index in [0.29, 0.717) is 0 Å². The minimum atomic E-state index is 0.104. The molecule has 1 heterocycles. The van der Waals surface area contributed by atoms with Gasteiger partial charge in [0.15, 0.2) is 0 Å². The summed E-state index contributed by atoms with van der Waals surface area (Å²) in [7, 11) is 0. The van der Waals surface area contributed by atoms with E-state index < -0.39 is 0 Å². The van der Waals surface area contributed by atoms with E-state index in [1.54, 1.807) is 6.20 Å². The van der Waals surface area contributed by atoms with Crippen molar-refractivity contribution in [2.75, 3.05) is 0 Å². The molecule has 4 heteroatoms. The van der Waals surface area contributed by atoms with Gasteiger partial charge in [-0.15, -0.1) is 0 Å². The lowest BCUT2D eigenvalue weighted by atomic mass is 11.0. The van der Waals surface area contributed by atoms with Crippen LogP contribution < -0.4 is 0 Å². The Hall–Kier alpha value is -0.0900. The lowest BCUT2D eigenvalue weighted by Crippen LogP contribution is -1.50. The Balaban J connectivity index is 3.04. The van der Waals surface area contributed by atoms with Gasteiger partial charge in [0.1, 0.15) is 0 Å².